The summed E-state index contributed by atoms with van der Waals surface area (Å²) in [6, 6.07) is 15.8. The van der Waals surface area contributed by atoms with Gasteiger partial charge in [0.25, 0.3) is 5.91 Å². The highest BCUT2D eigenvalue weighted by atomic mass is 35.5. The number of amides is 1. The van der Waals surface area contributed by atoms with Crippen LogP contribution in [0.2, 0.25) is 5.02 Å². The lowest BCUT2D eigenvalue weighted by Gasteiger charge is -2.31. The van der Waals surface area contributed by atoms with Crippen LogP contribution in [0.15, 0.2) is 54.7 Å². The number of morpholine rings is 1. The zero-order valence-electron chi connectivity index (χ0n) is 19.0. The maximum atomic E-state index is 12.6. The summed E-state index contributed by atoms with van der Waals surface area (Å²) in [4.78, 5) is 16.9. The Hall–Kier alpha value is -2.94. The monoisotopic (exact) mass is 481 g/mol. The van der Waals surface area contributed by atoms with E-state index >= 15 is 0 Å². The number of ether oxygens (including phenoxy) is 2. The lowest BCUT2D eigenvalue weighted by atomic mass is 10.0. The van der Waals surface area contributed by atoms with Crippen LogP contribution in [0, 0.1) is 0 Å². The highest BCUT2D eigenvalue weighted by Crippen LogP contribution is 2.26. The number of carbonyl (C=O) groups excluding carboxylic acids is 1. The van der Waals surface area contributed by atoms with Gasteiger partial charge in [0, 0.05) is 37.7 Å². The van der Waals surface area contributed by atoms with Gasteiger partial charge < -0.3 is 14.4 Å². The molecule has 9 heteroatoms. The first kappa shape index (κ1) is 22.8. The van der Waals surface area contributed by atoms with E-state index in [4.69, 9.17) is 21.1 Å². The molecule has 0 bridgehead atoms. The smallest absolute Gasteiger partial charge is 0.276 e. The van der Waals surface area contributed by atoms with Gasteiger partial charge in [-0.3, -0.25) is 9.69 Å². The molecule has 8 nitrogen and oxygen atoms in total. The zero-order chi connectivity index (χ0) is 23.3. The molecule has 3 aromatic rings. The average Bonchev–Trinajstić information content (AvgIpc) is 3.37. The molecular formula is C25H28ClN5O3. The molecule has 2 aliphatic heterocycles. The first-order chi connectivity index (χ1) is 16.6. The zero-order valence-corrected chi connectivity index (χ0v) is 19.7. The normalized spacial score (nSPS) is 17.6. The summed E-state index contributed by atoms with van der Waals surface area (Å²) in [5.74, 6) is 1.52. The van der Waals surface area contributed by atoms with Gasteiger partial charge in [-0.1, -0.05) is 28.9 Å². The lowest BCUT2D eigenvalue weighted by molar-refractivity contribution is 0.0299. The maximum Gasteiger partial charge on any atom is 0.276 e. The van der Waals surface area contributed by atoms with Crippen molar-refractivity contribution in [2.75, 3.05) is 39.4 Å². The van der Waals surface area contributed by atoms with Crippen LogP contribution in [0.25, 0.3) is 0 Å². The van der Waals surface area contributed by atoms with Gasteiger partial charge >= 0.3 is 0 Å². The van der Waals surface area contributed by atoms with Crippen LogP contribution < -0.4 is 4.74 Å². The molecule has 0 unspecified atom stereocenters. The Bertz CT molecular complexity index is 1110. The number of hydrogen-bond acceptors (Lipinski definition) is 6. The van der Waals surface area contributed by atoms with Crippen molar-refractivity contribution in [2.45, 2.75) is 25.4 Å². The molecule has 0 radical (unpaired) electrons. The first-order valence-corrected chi connectivity index (χ1v) is 12.1. The molecule has 34 heavy (non-hydrogen) atoms. The Labute approximate surface area is 204 Å². The van der Waals surface area contributed by atoms with E-state index in [1.54, 1.807) is 11.1 Å². The number of piperidine rings is 1. The summed E-state index contributed by atoms with van der Waals surface area (Å²) in [5.41, 5.74) is 1.63. The molecule has 0 atom stereocenters. The van der Waals surface area contributed by atoms with Gasteiger partial charge in [-0.2, -0.15) is 0 Å². The van der Waals surface area contributed by atoms with E-state index in [-0.39, 0.29) is 11.9 Å². The third kappa shape index (κ3) is 5.58. The quantitative estimate of drug-likeness (QED) is 0.529. The minimum Gasteiger partial charge on any atom is -0.457 e. The topological polar surface area (TPSA) is 72.7 Å². The Kier molecular flexibility index (Phi) is 7.08. The van der Waals surface area contributed by atoms with Crippen LogP contribution in [-0.4, -0.2) is 70.1 Å². The van der Waals surface area contributed by atoms with Crippen molar-refractivity contribution in [3.8, 4) is 11.5 Å². The molecule has 5 rings (SSSR count). The van der Waals surface area contributed by atoms with Crippen molar-refractivity contribution >= 4 is 17.5 Å². The highest BCUT2D eigenvalue weighted by Gasteiger charge is 2.25. The molecule has 3 heterocycles. The second-order valence-electron chi connectivity index (χ2n) is 8.70. The van der Waals surface area contributed by atoms with Crippen LogP contribution in [-0.2, 0) is 11.3 Å². The van der Waals surface area contributed by atoms with E-state index in [1.807, 2.05) is 41.1 Å². The fourth-order valence-corrected chi connectivity index (χ4v) is 4.55. The van der Waals surface area contributed by atoms with Gasteiger partial charge in [0.1, 0.15) is 11.5 Å². The third-order valence-corrected chi connectivity index (χ3v) is 6.56. The summed E-state index contributed by atoms with van der Waals surface area (Å²) in [6.45, 7) is 5.15. The summed E-state index contributed by atoms with van der Waals surface area (Å²) in [6.07, 6.45) is 3.74. The summed E-state index contributed by atoms with van der Waals surface area (Å²) >= 11 is 5.95. The fraction of sp³-hybridized carbons (Fsp3) is 0.400. The minimum absolute atomic E-state index is 0.0623. The summed E-state index contributed by atoms with van der Waals surface area (Å²) in [7, 11) is 0. The fourth-order valence-electron chi connectivity index (χ4n) is 4.43. The van der Waals surface area contributed by atoms with Gasteiger partial charge in [0.15, 0.2) is 5.69 Å². The molecule has 2 aromatic carbocycles. The number of hydrogen-bond donors (Lipinski definition) is 0. The van der Waals surface area contributed by atoms with E-state index < -0.39 is 0 Å². The number of carbonyl (C=O) groups is 1. The number of likely N-dealkylation sites (tertiary alicyclic amines) is 1. The standard InChI is InChI=1S/C25H28ClN5O3/c26-20-4-6-22(7-5-20)34-23-3-1-2-19(16-23)17-29-10-8-21(9-11-29)31-18-24(27-28-31)25(32)30-12-14-33-15-13-30/h1-7,16,18,21H,8-15,17H2. The molecule has 178 valence electrons. The first-order valence-electron chi connectivity index (χ1n) is 11.7. The molecule has 2 fully saturated rings. The van der Waals surface area contributed by atoms with E-state index in [9.17, 15) is 4.79 Å². The Morgan fingerprint density at radius 3 is 2.56 bits per heavy atom. The third-order valence-electron chi connectivity index (χ3n) is 6.31. The number of benzene rings is 2. The van der Waals surface area contributed by atoms with Crippen molar-refractivity contribution in [2.24, 2.45) is 0 Å². The second-order valence-corrected chi connectivity index (χ2v) is 9.14. The minimum atomic E-state index is -0.0623. The van der Waals surface area contributed by atoms with Gasteiger partial charge in [-0.25, -0.2) is 4.68 Å². The Balaban J connectivity index is 1.14. The Morgan fingerprint density at radius 1 is 1.03 bits per heavy atom. The molecule has 1 amide bonds. The Morgan fingerprint density at radius 2 is 1.79 bits per heavy atom. The summed E-state index contributed by atoms with van der Waals surface area (Å²) in [5, 5.41) is 9.10. The van der Waals surface area contributed by atoms with Crippen LogP contribution in [0.5, 0.6) is 11.5 Å². The largest absolute Gasteiger partial charge is 0.457 e. The molecule has 0 N–H and O–H groups in total. The molecular weight excluding hydrogens is 454 g/mol. The van der Waals surface area contributed by atoms with Crippen LogP contribution in [0.4, 0.5) is 0 Å². The summed E-state index contributed by atoms with van der Waals surface area (Å²) < 4.78 is 13.2. The SMILES string of the molecule is O=C(c1cn(C2CCN(Cc3cccc(Oc4ccc(Cl)cc4)c3)CC2)nn1)N1CCOCC1. The van der Waals surface area contributed by atoms with Crippen molar-refractivity contribution in [1.82, 2.24) is 24.8 Å². The van der Waals surface area contributed by atoms with E-state index in [2.05, 4.69) is 27.3 Å². The maximum absolute atomic E-state index is 12.6. The number of halogens is 1. The van der Waals surface area contributed by atoms with Gasteiger partial charge in [-0.05, 0) is 54.8 Å². The number of rotatable bonds is 6. The molecule has 1 aromatic heterocycles. The lowest BCUT2D eigenvalue weighted by Crippen LogP contribution is -2.40. The molecule has 2 aliphatic rings. The van der Waals surface area contributed by atoms with Crippen LogP contribution >= 0.6 is 11.6 Å². The predicted molar refractivity (Wildman–Crippen MR) is 128 cm³/mol. The van der Waals surface area contributed by atoms with Crippen molar-refractivity contribution < 1.29 is 14.3 Å². The number of nitrogens with zero attached hydrogens (tertiary/aromatic N) is 5. The second kappa shape index (κ2) is 10.5. The van der Waals surface area contributed by atoms with Gasteiger partial charge in [0.2, 0.25) is 0 Å². The van der Waals surface area contributed by atoms with Crippen LogP contribution in [0.3, 0.4) is 0 Å². The number of aromatic nitrogens is 3. The van der Waals surface area contributed by atoms with Gasteiger partial charge in [-0.15, -0.1) is 5.10 Å². The molecule has 0 spiro atoms. The molecule has 2 saturated heterocycles. The van der Waals surface area contributed by atoms with Crippen molar-refractivity contribution in [3.05, 3.63) is 71.0 Å². The van der Waals surface area contributed by atoms with E-state index in [0.717, 1.165) is 44.0 Å². The van der Waals surface area contributed by atoms with E-state index in [0.29, 0.717) is 37.0 Å². The van der Waals surface area contributed by atoms with E-state index in [1.165, 1.54) is 5.56 Å². The molecule has 0 aliphatic carbocycles. The van der Waals surface area contributed by atoms with Crippen LogP contribution in [0.1, 0.15) is 34.9 Å². The average molecular weight is 482 g/mol. The molecule has 0 saturated carbocycles. The predicted octanol–water partition coefficient (Wildman–Crippen LogP) is 4.03. The van der Waals surface area contributed by atoms with Crippen molar-refractivity contribution in [1.29, 1.82) is 0 Å². The van der Waals surface area contributed by atoms with Gasteiger partial charge in [0.05, 0.1) is 25.5 Å². The highest BCUT2D eigenvalue weighted by molar-refractivity contribution is 6.30. The van der Waals surface area contributed by atoms with Crippen molar-refractivity contribution in [3.63, 3.8) is 0 Å².